The lowest BCUT2D eigenvalue weighted by molar-refractivity contribution is -0.132. The van der Waals surface area contributed by atoms with Gasteiger partial charge in [-0.1, -0.05) is 19.1 Å². The third-order valence-corrected chi connectivity index (χ3v) is 5.14. The highest BCUT2D eigenvalue weighted by Crippen LogP contribution is 2.37. The Bertz CT molecular complexity index is 534. The van der Waals surface area contributed by atoms with E-state index in [1.165, 1.54) is 12.5 Å². The second kappa shape index (κ2) is 8.11. The van der Waals surface area contributed by atoms with Gasteiger partial charge >= 0.3 is 0 Å². The van der Waals surface area contributed by atoms with Crippen LogP contribution < -0.4 is 5.32 Å². The van der Waals surface area contributed by atoms with E-state index in [0.29, 0.717) is 18.3 Å². The summed E-state index contributed by atoms with van der Waals surface area (Å²) < 4.78 is 13.5. The fourth-order valence-corrected chi connectivity index (χ4v) is 3.86. The maximum absolute atomic E-state index is 13.5. The van der Waals surface area contributed by atoms with Gasteiger partial charge < -0.3 is 10.2 Å². The summed E-state index contributed by atoms with van der Waals surface area (Å²) >= 11 is 0. The zero-order chi connectivity index (χ0) is 15.5. The van der Waals surface area contributed by atoms with Crippen molar-refractivity contribution in [3.63, 3.8) is 0 Å². The normalized spacial score (nSPS) is 27.0. The molecule has 2 heterocycles. The van der Waals surface area contributed by atoms with Gasteiger partial charge in [0, 0.05) is 13.0 Å². The van der Waals surface area contributed by atoms with Crippen LogP contribution in [0, 0.1) is 17.7 Å². The standard InChI is InChI=1S/C18H25FN2O.ClH/c1-13-8-10-21(17(22)6-5-14-7-9-20-12-14)18(13)15-3-2-4-16(19)11-15;/h2-4,11,13-14,18,20H,5-10,12H2,1H3;1H. The summed E-state index contributed by atoms with van der Waals surface area (Å²) in [5.74, 6) is 1.03. The first-order chi connectivity index (χ1) is 10.6. The van der Waals surface area contributed by atoms with Crippen molar-refractivity contribution < 1.29 is 9.18 Å². The van der Waals surface area contributed by atoms with Gasteiger partial charge in [0.15, 0.2) is 0 Å². The molecule has 3 nitrogen and oxygen atoms in total. The Hall–Kier alpha value is -1.13. The van der Waals surface area contributed by atoms with Gasteiger partial charge in [0.25, 0.3) is 0 Å². The van der Waals surface area contributed by atoms with E-state index in [4.69, 9.17) is 0 Å². The molecule has 3 atom stereocenters. The molecule has 3 rings (SSSR count). The molecular weight excluding hydrogens is 315 g/mol. The number of amides is 1. The second-order valence-electron chi connectivity index (χ2n) is 6.75. The average molecular weight is 341 g/mol. The third-order valence-electron chi connectivity index (χ3n) is 5.14. The largest absolute Gasteiger partial charge is 0.335 e. The number of rotatable bonds is 4. The Balaban J connectivity index is 0.00000192. The summed E-state index contributed by atoms with van der Waals surface area (Å²) in [6, 6.07) is 6.75. The summed E-state index contributed by atoms with van der Waals surface area (Å²) in [6.07, 6.45) is 3.76. The van der Waals surface area contributed by atoms with Gasteiger partial charge in [0.05, 0.1) is 6.04 Å². The molecule has 5 heteroatoms. The van der Waals surface area contributed by atoms with E-state index in [9.17, 15) is 9.18 Å². The molecule has 2 aliphatic rings. The van der Waals surface area contributed by atoms with E-state index < -0.39 is 0 Å². The quantitative estimate of drug-likeness (QED) is 0.909. The molecule has 0 aliphatic carbocycles. The van der Waals surface area contributed by atoms with E-state index in [2.05, 4.69) is 12.2 Å². The minimum Gasteiger partial charge on any atom is -0.335 e. The van der Waals surface area contributed by atoms with Crippen LogP contribution in [0.15, 0.2) is 24.3 Å². The van der Waals surface area contributed by atoms with Crippen molar-refractivity contribution in [3.05, 3.63) is 35.6 Å². The molecule has 0 bridgehead atoms. The van der Waals surface area contributed by atoms with E-state index >= 15 is 0 Å². The molecule has 1 aromatic rings. The van der Waals surface area contributed by atoms with Crippen LogP contribution in [-0.2, 0) is 4.79 Å². The highest BCUT2D eigenvalue weighted by molar-refractivity contribution is 5.85. The molecule has 0 saturated carbocycles. The minimum atomic E-state index is -0.221. The highest BCUT2D eigenvalue weighted by Gasteiger charge is 2.35. The van der Waals surface area contributed by atoms with Crippen molar-refractivity contribution in [1.29, 1.82) is 0 Å². The molecule has 2 fully saturated rings. The molecule has 128 valence electrons. The van der Waals surface area contributed by atoms with Crippen LogP contribution in [0.25, 0.3) is 0 Å². The van der Waals surface area contributed by atoms with Crippen molar-refractivity contribution in [3.8, 4) is 0 Å². The van der Waals surface area contributed by atoms with Gasteiger partial charge in [-0.15, -0.1) is 12.4 Å². The topological polar surface area (TPSA) is 32.3 Å². The van der Waals surface area contributed by atoms with Gasteiger partial charge in [-0.25, -0.2) is 4.39 Å². The zero-order valence-corrected chi connectivity index (χ0v) is 14.4. The predicted molar refractivity (Wildman–Crippen MR) is 92.1 cm³/mol. The smallest absolute Gasteiger partial charge is 0.223 e. The fraction of sp³-hybridized carbons (Fsp3) is 0.611. The molecule has 0 spiro atoms. The molecule has 0 aromatic heterocycles. The number of hydrogen-bond acceptors (Lipinski definition) is 2. The first-order valence-corrected chi connectivity index (χ1v) is 8.41. The van der Waals surface area contributed by atoms with Crippen molar-refractivity contribution in [2.75, 3.05) is 19.6 Å². The Morgan fingerprint density at radius 1 is 1.39 bits per heavy atom. The fourth-order valence-electron chi connectivity index (χ4n) is 3.86. The van der Waals surface area contributed by atoms with Crippen LogP contribution >= 0.6 is 12.4 Å². The Morgan fingerprint density at radius 3 is 2.91 bits per heavy atom. The maximum Gasteiger partial charge on any atom is 0.223 e. The highest BCUT2D eigenvalue weighted by atomic mass is 35.5. The van der Waals surface area contributed by atoms with Crippen LogP contribution in [0.1, 0.15) is 44.2 Å². The molecule has 2 saturated heterocycles. The van der Waals surface area contributed by atoms with Gasteiger partial charge in [-0.05, 0) is 61.9 Å². The second-order valence-corrected chi connectivity index (χ2v) is 6.75. The lowest BCUT2D eigenvalue weighted by Crippen LogP contribution is -2.32. The summed E-state index contributed by atoms with van der Waals surface area (Å²) in [5.41, 5.74) is 0.931. The van der Waals surface area contributed by atoms with Crippen molar-refractivity contribution in [2.24, 2.45) is 11.8 Å². The first-order valence-electron chi connectivity index (χ1n) is 8.41. The van der Waals surface area contributed by atoms with Crippen molar-refractivity contribution in [1.82, 2.24) is 10.2 Å². The van der Waals surface area contributed by atoms with Crippen LogP contribution in [0.4, 0.5) is 4.39 Å². The van der Waals surface area contributed by atoms with Crippen LogP contribution in [-0.4, -0.2) is 30.4 Å². The summed E-state index contributed by atoms with van der Waals surface area (Å²) in [5, 5.41) is 3.35. The Labute approximate surface area is 144 Å². The summed E-state index contributed by atoms with van der Waals surface area (Å²) in [7, 11) is 0. The number of hydrogen-bond donors (Lipinski definition) is 1. The summed E-state index contributed by atoms with van der Waals surface area (Å²) in [4.78, 5) is 14.6. The van der Waals surface area contributed by atoms with E-state index in [1.807, 2.05) is 11.0 Å². The lowest BCUT2D eigenvalue weighted by Gasteiger charge is -2.28. The molecule has 3 unspecified atom stereocenters. The monoisotopic (exact) mass is 340 g/mol. The number of nitrogens with zero attached hydrogens (tertiary/aromatic N) is 1. The molecule has 2 aliphatic heterocycles. The minimum absolute atomic E-state index is 0. The van der Waals surface area contributed by atoms with Crippen molar-refractivity contribution in [2.45, 2.75) is 38.6 Å². The number of benzene rings is 1. The molecule has 1 aromatic carbocycles. The van der Waals surface area contributed by atoms with E-state index in [1.54, 1.807) is 12.1 Å². The van der Waals surface area contributed by atoms with Gasteiger partial charge in [-0.3, -0.25) is 4.79 Å². The maximum atomic E-state index is 13.5. The lowest BCUT2D eigenvalue weighted by atomic mass is 9.95. The van der Waals surface area contributed by atoms with Crippen LogP contribution in [0.5, 0.6) is 0 Å². The Kier molecular flexibility index (Phi) is 6.42. The first kappa shape index (κ1) is 18.2. The van der Waals surface area contributed by atoms with E-state index in [0.717, 1.165) is 38.0 Å². The van der Waals surface area contributed by atoms with Gasteiger partial charge in [0.1, 0.15) is 5.82 Å². The van der Waals surface area contributed by atoms with E-state index in [-0.39, 0.29) is 30.2 Å². The number of likely N-dealkylation sites (tertiary alicyclic amines) is 1. The Morgan fingerprint density at radius 2 is 2.22 bits per heavy atom. The molecule has 1 N–H and O–H groups in total. The molecule has 0 radical (unpaired) electrons. The summed E-state index contributed by atoms with van der Waals surface area (Å²) in [6.45, 7) is 5.07. The average Bonchev–Trinajstić information content (AvgIpc) is 3.14. The van der Waals surface area contributed by atoms with Gasteiger partial charge in [0.2, 0.25) is 5.91 Å². The molecule has 23 heavy (non-hydrogen) atoms. The number of nitrogens with one attached hydrogen (secondary N) is 1. The van der Waals surface area contributed by atoms with Crippen molar-refractivity contribution >= 4 is 18.3 Å². The van der Waals surface area contributed by atoms with Crippen LogP contribution in [0.3, 0.4) is 0 Å². The molecule has 1 amide bonds. The third kappa shape index (κ3) is 4.24. The predicted octanol–water partition coefficient (Wildman–Crippen LogP) is 3.55. The van der Waals surface area contributed by atoms with Gasteiger partial charge in [-0.2, -0.15) is 0 Å². The SMILES string of the molecule is CC1CCN(C(=O)CCC2CCNC2)C1c1cccc(F)c1.Cl. The molecular formula is C18H26ClFN2O. The number of halogens is 2. The zero-order valence-electron chi connectivity index (χ0n) is 13.6. The van der Waals surface area contributed by atoms with Crippen LogP contribution in [0.2, 0.25) is 0 Å². The number of carbonyl (C=O) groups is 1. The number of carbonyl (C=O) groups excluding carboxylic acids is 1.